The maximum atomic E-state index is 12.7. The number of phenolic OH excluding ortho intramolecular Hbond substituents is 1. The first-order valence-corrected chi connectivity index (χ1v) is 3.84. The van der Waals surface area contributed by atoms with Gasteiger partial charge in [0, 0.05) is 11.6 Å². The van der Waals surface area contributed by atoms with Crippen LogP contribution >= 0.6 is 24.0 Å². The summed E-state index contributed by atoms with van der Waals surface area (Å²) < 4.78 is 12.7. The first kappa shape index (κ1) is 12.5. The van der Waals surface area contributed by atoms with E-state index in [4.69, 9.17) is 17.3 Å². The fourth-order valence-electron chi connectivity index (χ4n) is 0.922. The van der Waals surface area contributed by atoms with Gasteiger partial charge in [-0.25, -0.2) is 4.39 Å². The molecule has 0 aliphatic rings. The van der Waals surface area contributed by atoms with Crippen molar-refractivity contribution >= 4 is 24.0 Å². The molecule has 3 N–H and O–H groups in total. The first-order valence-electron chi connectivity index (χ1n) is 3.46. The molecule has 0 radical (unpaired) electrons. The molecule has 1 aromatic carbocycles. The van der Waals surface area contributed by atoms with Gasteiger partial charge in [0.1, 0.15) is 16.6 Å². The van der Waals surface area contributed by atoms with Gasteiger partial charge in [-0.15, -0.1) is 12.4 Å². The largest absolute Gasteiger partial charge is 0.506 e. The van der Waals surface area contributed by atoms with Gasteiger partial charge in [-0.3, -0.25) is 0 Å². The van der Waals surface area contributed by atoms with Gasteiger partial charge in [0.05, 0.1) is 0 Å². The molecule has 0 aromatic heterocycles. The molecule has 0 bridgehead atoms. The Morgan fingerprint density at radius 1 is 1.54 bits per heavy atom. The maximum absolute atomic E-state index is 12.7. The summed E-state index contributed by atoms with van der Waals surface area (Å²) in [4.78, 5) is 0. The van der Waals surface area contributed by atoms with Crippen LogP contribution in [0, 0.1) is 5.82 Å². The topological polar surface area (TPSA) is 46.2 Å². The molecule has 1 rings (SSSR count). The van der Waals surface area contributed by atoms with Crippen molar-refractivity contribution in [1.29, 1.82) is 0 Å². The minimum Gasteiger partial charge on any atom is -0.506 e. The Hall–Kier alpha value is -0.510. The number of nitrogens with two attached hydrogens (primary N) is 1. The predicted octanol–water partition coefficient (Wildman–Crippen LogP) is 2.63. The van der Waals surface area contributed by atoms with Gasteiger partial charge in [0.25, 0.3) is 0 Å². The molecule has 1 atom stereocenters. The first-order chi connectivity index (χ1) is 5.54. The van der Waals surface area contributed by atoms with Gasteiger partial charge in [0.15, 0.2) is 0 Å². The van der Waals surface area contributed by atoms with E-state index in [-0.39, 0.29) is 29.2 Å². The summed E-state index contributed by atoms with van der Waals surface area (Å²) in [7, 11) is 0. The molecule has 74 valence electrons. The van der Waals surface area contributed by atoms with Gasteiger partial charge in [-0.2, -0.15) is 0 Å². The molecule has 5 heteroatoms. The van der Waals surface area contributed by atoms with E-state index in [1.54, 1.807) is 6.92 Å². The Kier molecular flexibility index (Phi) is 4.47. The highest BCUT2D eigenvalue weighted by molar-refractivity contribution is 6.32. The highest BCUT2D eigenvalue weighted by Crippen LogP contribution is 2.32. The molecule has 0 aliphatic heterocycles. The summed E-state index contributed by atoms with van der Waals surface area (Å²) in [6.45, 7) is 1.68. The van der Waals surface area contributed by atoms with Crippen LogP contribution in [0.1, 0.15) is 18.5 Å². The molecule has 0 aliphatic carbocycles. The summed E-state index contributed by atoms with van der Waals surface area (Å²) in [6, 6.07) is 2.24. The molecule has 0 saturated carbocycles. The third-order valence-electron chi connectivity index (χ3n) is 1.59. The minimum absolute atomic E-state index is 0. The molecule has 0 saturated heterocycles. The molecule has 0 fully saturated rings. The van der Waals surface area contributed by atoms with Gasteiger partial charge in [-0.05, 0) is 13.0 Å². The van der Waals surface area contributed by atoms with Crippen molar-refractivity contribution in [3.63, 3.8) is 0 Å². The Labute approximate surface area is 86.9 Å². The lowest BCUT2D eigenvalue weighted by atomic mass is 10.1. The minimum atomic E-state index is -0.640. The van der Waals surface area contributed by atoms with Crippen LogP contribution in [0.5, 0.6) is 5.75 Å². The molecule has 0 unspecified atom stereocenters. The summed E-state index contributed by atoms with van der Waals surface area (Å²) in [5.41, 5.74) is 5.94. The van der Waals surface area contributed by atoms with Crippen LogP contribution in [-0.4, -0.2) is 5.11 Å². The molecule has 2 nitrogen and oxygen atoms in total. The zero-order chi connectivity index (χ0) is 9.30. The number of hydrogen-bond acceptors (Lipinski definition) is 2. The number of benzene rings is 1. The lowest BCUT2D eigenvalue weighted by Crippen LogP contribution is -2.05. The molecular formula is C8H10Cl2FNO. The molecule has 0 spiro atoms. The molecule has 0 heterocycles. The second kappa shape index (κ2) is 4.65. The van der Waals surface area contributed by atoms with Crippen LogP contribution in [0.25, 0.3) is 0 Å². The Balaban J connectivity index is 0.00000144. The molecule has 1 aromatic rings. The highest BCUT2D eigenvalue weighted by atomic mass is 35.5. The van der Waals surface area contributed by atoms with Crippen molar-refractivity contribution in [1.82, 2.24) is 0 Å². The van der Waals surface area contributed by atoms with Crippen LogP contribution < -0.4 is 5.73 Å². The second-order valence-electron chi connectivity index (χ2n) is 2.59. The second-order valence-corrected chi connectivity index (χ2v) is 2.97. The van der Waals surface area contributed by atoms with E-state index in [9.17, 15) is 9.50 Å². The third-order valence-corrected chi connectivity index (χ3v) is 1.95. The Morgan fingerprint density at radius 3 is 2.54 bits per heavy atom. The van der Waals surface area contributed by atoms with E-state index in [0.29, 0.717) is 5.56 Å². The lowest BCUT2D eigenvalue weighted by molar-refractivity contribution is 0.458. The monoisotopic (exact) mass is 225 g/mol. The zero-order valence-electron chi connectivity index (χ0n) is 6.92. The van der Waals surface area contributed by atoms with Crippen molar-refractivity contribution in [3.8, 4) is 5.75 Å². The quantitative estimate of drug-likeness (QED) is 0.773. The van der Waals surface area contributed by atoms with Crippen LogP contribution in [0.2, 0.25) is 5.02 Å². The number of rotatable bonds is 1. The number of hydrogen-bond donors (Lipinski definition) is 2. The lowest BCUT2D eigenvalue weighted by Gasteiger charge is -2.09. The molecular weight excluding hydrogens is 216 g/mol. The van der Waals surface area contributed by atoms with Gasteiger partial charge >= 0.3 is 0 Å². The summed E-state index contributed by atoms with van der Waals surface area (Å²) in [5, 5.41) is 9.02. The summed E-state index contributed by atoms with van der Waals surface area (Å²) in [5.74, 6) is -0.912. The zero-order valence-corrected chi connectivity index (χ0v) is 8.49. The fourth-order valence-corrected chi connectivity index (χ4v) is 1.09. The number of halogens is 3. The van der Waals surface area contributed by atoms with E-state index in [1.165, 1.54) is 12.1 Å². The van der Waals surface area contributed by atoms with Crippen LogP contribution in [0.3, 0.4) is 0 Å². The fraction of sp³-hybridized carbons (Fsp3) is 0.250. The van der Waals surface area contributed by atoms with E-state index >= 15 is 0 Å². The van der Waals surface area contributed by atoms with Gasteiger partial charge < -0.3 is 10.8 Å². The number of phenols is 1. The normalized spacial score (nSPS) is 12.0. The van der Waals surface area contributed by atoms with Crippen molar-refractivity contribution in [2.75, 3.05) is 0 Å². The van der Waals surface area contributed by atoms with Crippen molar-refractivity contribution in [3.05, 3.63) is 28.5 Å². The van der Waals surface area contributed by atoms with Crippen molar-refractivity contribution in [2.45, 2.75) is 13.0 Å². The number of aromatic hydroxyl groups is 1. The predicted molar refractivity (Wildman–Crippen MR) is 52.9 cm³/mol. The molecule has 13 heavy (non-hydrogen) atoms. The standard InChI is InChI=1S/C8H9ClFNO.ClH/c1-4(11)5-2-3-6(10)7(9)8(5)12;/h2-4,12H,11H2,1H3;1H/t4-;/m1./s1. The van der Waals surface area contributed by atoms with Crippen LogP contribution in [-0.2, 0) is 0 Å². The Morgan fingerprint density at radius 2 is 2.08 bits per heavy atom. The van der Waals surface area contributed by atoms with E-state index in [0.717, 1.165) is 0 Å². The molecule has 0 amide bonds. The van der Waals surface area contributed by atoms with Crippen molar-refractivity contribution in [2.24, 2.45) is 5.73 Å². The highest BCUT2D eigenvalue weighted by Gasteiger charge is 2.12. The maximum Gasteiger partial charge on any atom is 0.145 e. The Bertz CT molecular complexity index is 304. The van der Waals surface area contributed by atoms with Crippen LogP contribution in [0.4, 0.5) is 4.39 Å². The van der Waals surface area contributed by atoms with E-state index in [1.807, 2.05) is 0 Å². The average molecular weight is 226 g/mol. The SMILES string of the molecule is C[C@@H](N)c1ccc(F)c(Cl)c1O.Cl. The van der Waals surface area contributed by atoms with Gasteiger partial charge in [-0.1, -0.05) is 17.7 Å². The van der Waals surface area contributed by atoms with E-state index < -0.39 is 5.82 Å². The third kappa shape index (κ3) is 2.46. The summed E-state index contributed by atoms with van der Waals surface area (Å²) >= 11 is 5.45. The van der Waals surface area contributed by atoms with Gasteiger partial charge in [0.2, 0.25) is 0 Å². The summed E-state index contributed by atoms with van der Waals surface area (Å²) in [6.07, 6.45) is 0. The van der Waals surface area contributed by atoms with Crippen LogP contribution in [0.15, 0.2) is 12.1 Å². The smallest absolute Gasteiger partial charge is 0.145 e. The van der Waals surface area contributed by atoms with Crippen molar-refractivity contribution < 1.29 is 9.50 Å². The average Bonchev–Trinajstić information content (AvgIpc) is 2.00. The van der Waals surface area contributed by atoms with E-state index in [2.05, 4.69) is 0 Å².